The highest BCUT2D eigenvalue weighted by Gasteiger charge is 2.30. The van der Waals surface area contributed by atoms with Crippen LogP contribution in [-0.2, 0) is 19.1 Å². The molecular formula is C12H23N2O4. The summed E-state index contributed by atoms with van der Waals surface area (Å²) in [6.07, 6.45) is 2.45. The van der Waals surface area contributed by atoms with E-state index < -0.39 is 17.9 Å². The Labute approximate surface area is 108 Å². The first kappa shape index (κ1) is 16.9. The third kappa shape index (κ3) is 6.56. The van der Waals surface area contributed by atoms with E-state index in [0.717, 1.165) is 12.8 Å². The Kier molecular flexibility index (Phi) is 8.32. The second-order valence-corrected chi connectivity index (χ2v) is 4.29. The number of methoxy groups -OCH3 is 2. The second kappa shape index (κ2) is 8.88. The molecule has 0 aliphatic rings. The SMILES string of the molecule is [CH2]C(N)CCCC(N)CC(C(=O)OC)C(=O)OC. The van der Waals surface area contributed by atoms with E-state index in [0.29, 0.717) is 6.42 Å². The molecule has 105 valence electrons. The molecule has 0 fully saturated rings. The quantitative estimate of drug-likeness (QED) is 0.469. The molecule has 0 aliphatic carbocycles. The molecule has 4 N–H and O–H groups in total. The second-order valence-electron chi connectivity index (χ2n) is 4.29. The van der Waals surface area contributed by atoms with Crippen LogP contribution in [0.25, 0.3) is 0 Å². The average Bonchev–Trinajstić information content (AvgIpc) is 2.33. The summed E-state index contributed by atoms with van der Waals surface area (Å²) in [5.74, 6) is -2.19. The predicted octanol–water partition coefficient (Wildman–Crippen LogP) is -0.00231. The summed E-state index contributed by atoms with van der Waals surface area (Å²) < 4.78 is 9.11. The van der Waals surface area contributed by atoms with Crippen molar-refractivity contribution in [2.45, 2.75) is 37.8 Å². The van der Waals surface area contributed by atoms with Crippen LogP contribution in [0.4, 0.5) is 0 Å². The minimum Gasteiger partial charge on any atom is -0.468 e. The number of ether oxygens (including phenoxy) is 2. The lowest BCUT2D eigenvalue weighted by Gasteiger charge is -2.17. The van der Waals surface area contributed by atoms with E-state index in [9.17, 15) is 9.59 Å². The van der Waals surface area contributed by atoms with Gasteiger partial charge in [0.05, 0.1) is 14.2 Å². The van der Waals surface area contributed by atoms with Crippen molar-refractivity contribution in [1.82, 2.24) is 0 Å². The molecule has 0 bridgehead atoms. The van der Waals surface area contributed by atoms with Crippen molar-refractivity contribution in [2.75, 3.05) is 14.2 Å². The lowest BCUT2D eigenvalue weighted by atomic mass is 9.96. The van der Waals surface area contributed by atoms with Crippen molar-refractivity contribution in [3.8, 4) is 0 Å². The van der Waals surface area contributed by atoms with Crippen LogP contribution in [0.5, 0.6) is 0 Å². The van der Waals surface area contributed by atoms with Gasteiger partial charge in [-0.3, -0.25) is 9.59 Å². The Morgan fingerprint density at radius 1 is 1.11 bits per heavy atom. The van der Waals surface area contributed by atoms with Crippen molar-refractivity contribution in [3.05, 3.63) is 6.92 Å². The van der Waals surface area contributed by atoms with Crippen molar-refractivity contribution in [2.24, 2.45) is 17.4 Å². The summed E-state index contributed by atoms with van der Waals surface area (Å²) in [4.78, 5) is 22.8. The van der Waals surface area contributed by atoms with E-state index in [1.165, 1.54) is 14.2 Å². The maximum absolute atomic E-state index is 11.4. The molecule has 0 rings (SSSR count). The largest absolute Gasteiger partial charge is 0.468 e. The molecule has 0 aromatic heterocycles. The molecular weight excluding hydrogens is 236 g/mol. The van der Waals surface area contributed by atoms with Gasteiger partial charge in [0.1, 0.15) is 0 Å². The van der Waals surface area contributed by atoms with Gasteiger partial charge in [-0.2, -0.15) is 0 Å². The summed E-state index contributed by atoms with van der Waals surface area (Å²) in [6.45, 7) is 3.67. The van der Waals surface area contributed by atoms with Crippen molar-refractivity contribution < 1.29 is 19.1 Å². The summed E-state index contributed by atoms with van der Waals surface area (Å²) in [5.41, 5.74) is 11.4. The van der Waals surface area contributed by atoms with Crippen LogP contribution in [0.1, 0.15) is 25.7 Å². The smallest absolute Gasteiger partial charge is 0.320 e. The summed E-state index contributed by atoms with van der Waals surface area (Å²) in [6, 6.07) is -0.388. The summed E-state index contributed by atoms with van der Waals surface area (Å²) in [7, 11) is 2.46. The molecule has 1 radical (unpaired) electrons. The maximum Gasteiger partial charge on any atom is 0.320 e. The van der Waals surface area contributed by atoms with Gasteiger partial charge in [0.2, 0.25) is 0 Å². The average molecular weight is 259 g/mol. The molecule has 18 heavy (non-hydrogen) atoms. The van der Waals surface area contributed by atoms with Gasteiger partial charge >= 0.3 is 11.9 Å². The molecule has 0 aliphatic heterocycles. The number of rotatable bonds is 8. The minimum atomic E-state index is -0.955. The van der Waals surface area contributed by atoms with Gasteiger partial charge in [0, 0.05) is 12.1 Å². The van der Waals surface area contributed by atoms with Gasteiger partial charge in [-0.15, -0.1) is 0 Å². The molecule has 0 spiro atoms. The summed E-state index contributed by atoms with van der Waals surface area (Å²) >= 11 is 0. The number of carbonyl (C=O) groups is 2. The lowest BCUT2D eigenvalue weighted by molar-refractivity contribution is -0.159. The molecule has 6 heteroatoms. The van der Waals surface area contributed by atoms with Gasteiger partial charge in [-0.25, -0.2) is 0 Å². The van der Waals surface area contributed by atoms with Crippen LogP contribution >= 0.6 is 0 Å². The number of esters is 2. The van der Waals surface area contributed by atoms with Crippen LogP contribution in [0.15, 0.2) is 0 Å². The molecule has 0 saturated carbocycles. The zero-order valence-corrected chi connectivity index (χ0v) is 11.1. The first-order valence-electron chi connectivity index (χ1n) is 5.92. The molecule has 0 saturated heterocycles. The molecule has 6 nitrogen and oxygen atoms in total. The van der Waals surface area contributed by atoms with E-state index in [4.69, 9.17) is 11.5 Å². The standard InChI is InChI=1S/C12H23N2O4/c1-8(13)5-4-6-9(14)7-10(11(15)17-2)12(16)18-3/h8-10H,1,4-7,13-14H2,2-3H3. The molecule has 0 amide bonds. The predicted molar refractivity (Wildman–Crippen MR) is 67.3 cm³/mol. The number of hydrogen-bond acceptors (Lipinski definition) is 6. The van der Waals surface area contributed by atoms with Gasteiger partial charge in [-0.1, -0.05) is 6.42 Å². The minimum absolute atomic E-state index is 0.116. The third-order valence-electron chi connectivity index (χ3n) is 2.66. The molecule has 0 heterocycles. The van der Waals surface area contributed by atoms with E-state index in [-0.39, 0.29) is 18.5 Å². The van der Waals surface area contributed by atoms with Crippen LogP contribution in [-0.4, -0.2) is 38.2 Å². The van der Waals surface area contributed by atoms with E-state index in [1.807, 2.05) is 0 Å². The number of carbonyl (C=O) groups excluding carboxylic acids is 2. The van der Waals surface area contributed by atoms with Crippen LogP contribution in [0.3, 0.4) is 0 Å². The highest BCUT2D eigenvalue weighted by Crippen LogP contribution is 2.14. The van der Waals surface area contributed by atoms with Crippen molar-refractivity contribution in [1.29, 1.82) is 0 Å². The van der Waals surface area contributed by atoms with Crippen molar-refractivity contribution in [3.63, 3.8) is 0 Å². The highest BCUT2D eigenvalue weighted by atomic mass is 16.5. The first-order valence-corrected chi connectivity index (χ1v) is 5.92. The zero-order chi connectivity index (χ0) is 14.1. The van der Waals surface area contributed by atoms with Gasteiger partial charge in [-0.05, 0) is 26.2 Å². The Bertz CT molecular complexity index is 253. The Morgan fingerprint density at radius 3 is 2.00 bits per heavy atom. The third-order valence-corrected chi connectivity index (χ3v) is 2.66. The molecule has 0 aromatic carbocycles. The van der Waals surface area contributed by atoms with E-state index in [1.54, 1.807) is 0 Å². The molecule has 2 unspecified atom stereocenters. The van der Waals surface area contributed by atoms with Gasteiger partial charge in [0.25, 0.3) is 0 Å². The highest BCUT2D eigenvalue weighted by molar-refractivity contribution is 5.94. The van der Waals surface area contributed by atoms with Crippen LogP contribution in [0.2, 0.25) is 0 Å². The first-order chi connectivity index (χ1) is 8.42. The number of nitrogens with two attached hydrogens (primary N) is 2. The summed E-state index contributed by atoms with van der Waals surface area (Å²) in [5, 5.41) is 0. The molecule has 0 aromatic rings. The van der Waals surface area contributed by atoms with Crippen molar-refractivity contribution >= 4 is 11.9 Å². The Hall–Kier alpha value is -1.14. The fourth-order valence-electron chi connectivity index (χ4n) is 1.64. The number of hydrogen-bond donors (Lipinski definition) is 2. The fourth-order valence-corrected chi connectivity index (χ4v) is 1.64. The van der Waals surface area contributed by atoms with Crippen LogP contribution < -0.4 is 11.5 Å². The van der Waals surface area contributed by atoms with Gasteiger partial charge < -0.3 is 20.9 Å². The fraction of sp³-hybridized carbons (Fsp3) is 0.750. The maximum atomic E-state index is 11.4. The normalized spacial score (nSPS) is 14.1. The van der Waals surface area contributed by atoms with Gasteiger partial charge in [0.15, 0.2) is 5.92 Å². The Balaban J connectivity index is 4.23. The lowest BCUT2D eigenvalue weighted by Crippen LogP contribution is -2.34. The topological polar surface area (TPSA) is 105 Å². The van der Waals surface area contributed by atoms with Crippen LogP contribution in [0, 0.1) is 12.8 Å². The monoisotopic (exact) mass is 259 g/mol. The zero-order valence-electron chi connectivity index (χ0n) is 11.1. The van der Waals surface area contributed by atoms with E-state index in [2.05, 4.69) is 16.4 Å². The Morgan fingerprint density at radius 2 is 1.61 bits per heavy atom. The van der Waals surface area contributed by atoms with E-state index >= 15 is 0 Å². The molecule has 2 atom stereocenters.